The van der Waals surface area contributed by atoms with E-state index in [-0.39, 0.29) is 5.75 Å². The van der Waals surface area contributed by atoms with Crippen LogP contribution in [0.25, 0.3) is 0 Å². The number of benzene rings is 2. The predicted octanol–water partition coefficient (Wildman–Crippen LogP) is 4.51. The first kappa shape index (κ1) is 12.5. The fourth-order valence-electron chi connectivity index (χ4n) is 1.49. The van der Waals surface area contributed by atoms with E-state index in [0.29, 0.717) is 17.9 Å². The Labute approximate surface area is 103 Å². The zero-order valence-corrected chi connectivity index (χ0v) is 9.93. The molecule has 0 aromatic heterocycles. The molecule has 1 nitrogen and oxygen atoms in total. The van der Waals surface area contributed by atoms with Crippen LogP contribution < -0.4 is 4.74 Å². The molecule has 2 aromatic rings. The van der Waals surface area contributed by atoms with Gasteiger partial charge in [0.15, 0.2) is 23.2 Å². The summed E-state index contributed by atoms with van der Waals surface area (Å²) in [5.74, 6) is -3.28. The monoisotopic (exact) mass is 252 g/mol. The van der Waals surface area contributed by atoms with Crippen molar-refractivity contribution in [3.8, 4) is 11.5 Å². The first-order chi connectivity index (χ1) is 8.47. The van der Waals surface area contributed by atoms with Gasteiger partial charge in [-0.15, -0.1) is 0 Å². The summed E-state index contributed by atoms with van der Waals surface area (Å²) in [7, 11) is 0. The molecule has 0 fully saturated rings. The van der Waals surface area contributed by atoms with Crippen LogP contribution >= 0.6 is 0 Å². The predicted molar refractivity (Wildman–Crippen MR) is 62.3 cm³/mol. The van der Waals surface area contributed by atoms with Gasteiger partial charge in [-0.1, -0.05) is 6.07 Å². The lowest BCUT2D eigenvalue weighted by molar-refractivity contribution is 0.421. The summed E-state index contributed by atoms with van der Waals surface area (Å²) in [5.41, 5.74) is 2.03. The smallest absolute Gasteiger partial charge is 0.168 e. The van der Waals surface area contributed by atoms with Crippen molar-refractivity contribution < 1.29 is 17.9 Å². The second-order valence-corrected chi connectivity index (χ2v) is 4.04. The van der Waals surface area contributed by atoms with Gasteiger partial charge in [-0.25, -0.2) is 13.2 Å². The molecular weight excluding hydrogens is 241 g/mol. The van der Waals surface area contributed by atoms with Crippen molar-refractivity contribution in [3.63, 3.8) is 0 Å². The summed E-state index contributed by atoms with van der Waals surface area (Å²) >= 11 is 0. The topological polar surface area (TPSA) is 9.23 Å². The Hall–Kier alpha value is -1.97. The van der Waals surface area contributed by atoms with Gasteiger partial charge in [-0.2, -0.15) is 0 Å². The molecule has 2 aromatic carbocycles. The van der Waals surface area contributed by atoms with Crippen molar-refractivity contribution in [2.24, 2.45) is 0 Å². The Morgan fingerprint density at radius 1 is 0.778 bits per heavy atom. The van der Waals surface area contributed by atoms with Gasteiger partial charge < -0.3 is 4.74 Å². The number of rotatable bonds is 2. The van der Waals surface area contributed by atoms with Crippen molar-refractivity contribution in [1.29, 1.82) is 0 Å². The number of hydrogen-bond acceptors (Lipinski definition) is 1. The molecule has 0 amide bonds. The molecule has 0 aliphatic rings. The molecule has 0 N–H and O–H groups in total. The van der Waals surface area contributed by atoms with Gasteiger partial charge in [0.2, 0.25) is 0 Å². The highest BCUT2D eigenvalue weighted by Gasteiger charge is 2.11. The Kier molecular flexibility index (Phi) is 3.28. The second kappa shape index (κ2) is 4.72. The van der Waals surface area contributed by atoms with Gasteiger partial charge >= 0.3 is 0 Å². The van der Waals surface area contributed by atoms with E-state index >= 15 is 0 Å². The molecule has 94 valence electrons. The lowest BCUT2D eigenvalue weighted by Crippen LogP contribution is -1.93. The van der Waals surface area contributed by atoms with E-state index in [2.05, 4.69) is 0 Å². The zero-order chi connectivity index (χ0) is 13.3. The number of halogens is 3. The molecule has 0 aliphatic carbocycles. The van der Waals surface area contributed by atoms with E-state index in [1.165, 1.54) is 0 Å². The first-order valence-corrected chi connectivity index (χ1v) is 5.37. The van der Waals surface area contributed by atoms with Crippen LogP contribution in [-0.4, -0.2) is 0 Å². The van der Waals surface area contributed by atoms with Crippen LogP contribution in [0.2, 0.25) is 0 Å². The van der Waals surface area contributed by atoms with Crippen molar-refractivity contribution in [3.05, 3.63) is 58.9 Å². The molecule has 2 rings (SSSR count). The minimum Gasteiger partial charge on any atom is -0.454 e. The maximum absolute atomic E-state index is 13.4. The molecule has 0 heterocycles. The van der Waals surface area contributed by atoms with E-state index in [4.69, 9.17) is 4.74 Å². The number of ether oxygens (including phenoxy) is 1. The maximum atomic E-state index is 13.4. The molecule has 0 saturated heterocycles. The standard InChI is InChI=1S/C14H11F3O/c1-8-3-4-10(5-9(8)2)18-14-7-12(16)11(15)6-13(14)17/h3-7H,1-2H3. The van der Waals surface area contributed by atoms with Crippen LogP contribution in [0.15, 0.2) is 30.3 Å². The molecule has 0 unspecified atom stereocenters. The molecule has 0 atom stereocenters. The summed E-state index contributed by atoms with van der Waals surface area (Å²) in [4.78, 5) is 0. The average molecular weight is 252 g/mol. The average Bonchev–Trinajstić information content (AvgIpc) is 2.31. The Bertz CT molecular complexity index is 594. The molecule has 4 heteroatoms. The van der Waals surface area contributed by atoms with Crippen molar-refractivity contribution in [2.75, 3.05) is 0 Å². The first-order valence-electron chi connectivity index (χ1n) is 5.37. The minimum atomic E-state index is -1.24. The van der Waals surface area contributed by atoms with Gasteiger partial charge in [0, 0.05) is 12.1 Å². The van der Waals surface area contributed by atoms with Gasteiger partial charge in [-0.05, 0) is 37.1 Å². The van der Waals surface area contributed by atoms with Gasteiger partial charge in [0.1, 0.15) is 5.75 Å². The highest BCUT2D eigenvalue weighted by atomic mass is 19.2. The summed E-state index contributed by atoms with van der Waals surface area (Å²) in [6.07, 6.45) is 0. The van der Waals surface area contributed by atoms with Crippen LogP contribution in [0, 0.1) is 31.3 Å². The molecule has 0 saturated carbocycles. The number of aryl methyl sites for hydroxylation is 2. The summed E-state index contributed by atoms with van der Waals surface area (Å²) in [5, 5.41) is 0. The summed E-state index contributed by atoms with van der Waals surface area (Å²) < 4.78 is 44.3. The Morgan fingerprint density at radius 3 is 2.11 bits per heavy atom. The largest absolute Gasteiger partial charge is 0.454 e. The lowest BCUT2D eigenvalue weighted by atomic mass is 10.1. The van der Waals surface area contributed by atoms with Gasteiger partial charge in [-0.3, -0.25) is 0 Å². The van der Waals surface area contributed by atoms with Crippen LogP contribution in [0.1, 0.15) is 11.1 Å². The fourth-order valence-corrected chi connectivity index (χ4v) is 1.49. The van der Waals surface area contributed by atoms with Crippen LogP contribution in [-0.2, 0) is 0 Å². The van der Waals surface area contributed by atoms with E-state index in [1.54, 1.807) is 12.1 Å². The Balaban J connectivity index is 2.34. The van der Waals surface area contributed by atoms with Gasteiger partial charge in [0.05, 0.1) is 0 Å². The van der Waals surface area contributed by atoms with Crippen LogP contribution in [0.4, 0.5) is 13.2 Å². The SMILES string of the molecule is Cc1ccc(Oc2cc(F)c(F)cc2F)cc1C. The molecular formula is C14H11F3O. The summed E-state index contributed by atoms with van der Waals surface area (Å²) in [6, 6.07) is 6.31. The molecule has 18 heavy (non-hydrogen) atoms. The third-order valence-electron chi connectivity index (χ3n) is 2.68. The lowest BCUT2D eigenvalue weighted by Gasteiger charge is -2.09. The fraction of sp³-hybridized carbons (Fsp3) is 0.143. The summed E-state index contributed by atoms with van der Waals surface area (Å²) in [6.45, 7) is 3.81. The number of hydrogen-bond donors (Lipinski definition) is 0. The third-order valence-corrected chi connectivity index (χ3v) is 2.68. The second-order valence-electron chi connectivity index (χ2n) is 4.04. The molecule has 0 spiro atoms. The van der Waals surface area contributed by atoms with Crippen molar-refractivity contribution >= 4 is 0 Å². The molecule has 0 radical (unpaired) electrons. The third kappa shape index (κ3) is 2.47. The van der Waals surface area contributed by atoms with Crippen LogP contribution in [0.3, 0.4) is 0 Å². The van der Waals surface area contributed by atoms with E-state index in [1.807, 2.05) is 19.9 Å². The Morgan fingerprint density at radius 2 is 1.44 bits per heavy atom. The van der Waals surface area contributed by atoms with E-state index in [0.717, 1.165) is 11.1 Å². The molecule has 0 bridgehead atoms. The normalized spacial score (nSPS) is 10.5. The minimum absolute atomic E-state index is 0.336. The molecule has 0 aliphatic heterocycles. The van der Waals surface area contributed by atoms with Crippen molar-refractivity contribution in [2.45, 2.75) is 13.8 Å². The highest BCUT2D eigenvalue weighted by molar-refractivity contribution is 5.38. The van der Waals surface area contributed by atoms with Crippen molar-refractivity contribution in [1.82, 2.24) is 0 Å². The highest BCUT2D eigenvalue weighted by Crippen LogP contribution is 2.27. The van der Waals surface area contributed by atoms with Crippen LogP contribution in [0.5, 0.6) is 11.5 Å². The van der Waals surface area contributed by atoms with E-state index in [9.17, 15) is 13.2 Å². The quantitative estimate of drug-likeness (QED) is 0.714. The van der Waals surface area contributed by atoms with Gasteiger partial charge in [0.25, 0.3) is 0 Å². The zero-order valence-electron chi connectivity index (χ0n) is 9.93. The van der Waals surface area contributed by atoms with E-state index < -0.39 is 17.5 Å². The maximum Gasteiger partial charge on any atom is 0.168 e.